The Hall–Kier alpha value is -0.140. The Morgan fingerprint density at radius 2 is 1.73 bits per heavy atom. The van der Waals surface area contributed by atoms with Gasteiger partial charge in [-0.05, 0) is 31.1 Å². The van der Waals surface area contributed by atoms with Crippen molar-refractivity contribution in [2.45, 2.75) is 39.5 Å². The molecule has 64 valence electrons. The van der Waals surface area contributed by atoms with E-state index in [9.17, 15) is 8.78 Å². The third-order valence-corrected chi connectivity index (χ3v) is 3.88. The lowest BCUT2D eigenvalue weighted by Crippen LogP contribution is -2.18. The maximum absolute atomic E-state index is 12.9. The summed E-state index contributed by atoms with van der Waals surface area (Å²) in [6.45, 7) is 5.19. The van der Waals surface area contributed by atoms with Crippen LogP contribution in [0.3, 0.4) is 0 Å². The lowest BCUT2D eigenvalue weighted by Gasteiger charge is -2.11. The highest BCUT2D eigenvalue weighted by atomic mass is 19.3. The normalized spacial score (nSPS) is 47.5. The summed E-state index contributed by atoms with van der Waals surface area (Å²) in [6, 6.07) is 0. The molecule has 2 fully saturated rings. The molecule has 0 N–H and O–H groups in total. The largest absolute Gasteiger partial charge is 0.251 e. The van der Waals surface area contributed by atoms with E-state index in [1.807, 2.05) is 0 Å². The number of fused-ring (bicyclic) bond motifs is 1. The fourth-order valence-corrected chi connectivity index (χ4v) is 2.65. The predicted octanol–water partition coefficient (Wildman–Crippen LogP) is 3.08. The van der Waals surface area contributed by atoms with Gasteiger partial charge in [-0.3, -0.25) is 0 Å². The topological polar surface area (TPSA) is 0 Å². The molecule has 0 bridgehead atoms. The lowest BCUT2D eigenvalue weighted by molar-refractivity contribution is -0.0298. The predicted molar refractivity (Wildman–Crippen MR) is 39.6 cm³/mol. The van der Waals surface area contributed by atoms with E-state index >= 15 is 0 Å². The molecule has 0 spiro atoms. The monoisotopic (exact) mass is 160 g/mol. The molecule has 2 rings (SSSR count). The average Bonchev–Trinajstić information content (AvgIpc) is 2.36. The van der Waals surface area contributed by atoms with E-state index in [0.29, 0.717) is 5.92 Å². The van der Waals surface area contributed by atoms with Crippen molar-refractivity contribution in [3.63, 3.8) is 0 Å². The van der Waals surface area contributed by atoms with Crippen molar-refractivity contribution in [3.05, 3.63) is 0 Å². The van der Waals surface area contributed by atoms with Gasteiger partial charge < -0.3 is 0 Å². The third kappa shape index (κ3) is 0.600. The van der Waals surface area contributed by atoms with E-state index in [2.05, 4.69) is 13.8 Å². The summed E-state index contributed by atoms with van der Waals surface area (Å²) in [6.07, 6.45) is 1.53. The van der Waals surface area contributed by atoms with Crippen molar-refractivity contribution in [2.24, 2.45) is 16.7 Å². The van der Waals surface area contributed by atoms with E-state index in [-0.39, 0.29) is 5.41 Å². The number of hydrogen-bond acceptors (Lipinski definition) is 0. The highest BCUT2D eigenvalue weighted by molar-refractivity contribution is 5.35. The molecule has 0 atom stereocenters. The number of hydrogen-bond donors (Lipinski definition) is 0. The molecule has 0 aliphatic heterocycles. The van der Waals surface area contributed by atoms with Crippen LogP contribution in [0.25, 0.3) is 0 Å². The molecule has 0 radical (unpaired) electrons. The van der Waals surface area contributed by atoms with Gasteiger partial charge in [0.05, 0.1) is 0 Å². The summed E-state index contributed by atoms with van der Waals surface area (Å²) in [5.74, 6) is -2.00. The van der Waals surface area contributed by atoms with Crippen LogP contribution in [0.5, 0.6) is 0 Å². The van der Waals surface area contributed by atoms with Crippen molar-refractivity contribution >= 4 is 0 Å². The number of halogens is 2. The molecule has 0 heterocycles. The van der Waals surface area contributed by atoms with Crippen LogP contribution in [0.15, 0.2) is 0 Å². The second-order valence-electron chi connectivity index (χ2n) is 4.63. The summed E-state index contributed by atoms with van der Waals surface area (Å²) in [5, 5.41) is 0. The Morgan fingerprint density at radius 1 is 1.27 bits per heavy atom. The zero-order valence-corrected chi connectivity index (χ0v) is 7.25. The molecule has 2 aliphatic carbocycles. The van der Waals surface area contributed by atoms with Gasteiger partial charge in [0.25, 0.3) is 5.92 Å². The van der Waals surface area contributed by atoms with Gasteiger partial charge in [0.1, 0.15) is 0 Å². The molecule has 0 unspecified atom stereocenters. The number of alkyl halides is 2. The highest BCUT2D eigenvalue weighted by Gasteiger charge is 2.90. The van der Waals surface area contributed by atoms with E-state index in [0.717, 1.165) is 19.8 Å². The standard InChI is InChI=1S/C9H14F2/c1-6(2)8-4-9(8,5-8)7(3,10)11/h6H,4-5H2,1-3H3. The minimum absolute atomic E-state index is 0.0469. The molecule has 11 heavy (non-hydrogen) atoms. The van der Waals surface area contributed by atoms with Crippen LogP contribution < -0.4 is 0 Å². The lowest BCUT2D eigenvalue weighted by atomic mass is 10.0. The Morgan fingerprint density at radius 3 is 1.82 bits per heavy atom. The average molecular weight is 160 g/mol. The van der Waals surface area contributed by atoms with Crippen molar-refractivity contribution in [1.82, 2.24) is 0 Å². The van der Waals surface area contributed by atoms with Gasteiger partial charge in [-0.2, -0.15) is 0 Å². The van der Waals surface area contributed by atoms with Gasteiger partial charge in [-0.15, -0.1) is 0 Å². The molecule has 2 aliphatic rings. The summed E-state index contributed by atoms with van der Waals surface area (Å²) in [5.41, 5.74) is -0.514. The summed E-state index contributed by atoms with van der Waals surface area (Å²) < 4.78 is 25.9. The first kappa shape index (κ1) is 7.51. The van der Waals surface area contributed by atoms with Crippen LogP contribution in [-0.2, 0) is 0 Å². The van der Waals surface area contributed by atoms with Gasteiger partial charge in [0.2, 0.25) is 0 Å². The first-order valence-corrected chi connectivity index (χ1v) is 4.24. The Bertz CT molecular complexity index is 194. The molecule has 0 aromatic heterocycles. The van der Waals surface area contributed by atoms with Crippen molar-refractivity contribution < 1.29 is 8.78 Å². The van der Waals surface area contributed by atoms with Crippen molar-refractivity contribution in [2.75, 3.05) is 0 Å². The van der Waals surface area contributed by atoms with Crippen LogP contribution in [-0.4, -0.2) is 5.92 Å². The Labute approximate surface area is 66.0 Å². The van der Waals surface area contributed by atoms with Gasteiger partial charge in [0, 0.05) is 5.41 Å². The second-order valence-corrected chi connectivity index (χ2v) is 4.63. The molecular weight excluding hydrogens is 146 g/mol. The van der Waals surface area contributed by atoms with E-state index in [4.69, 9.17) is 0 Å². The smallest absolute Gasteiger partial charge is 0.207 e. The van der Waals surface area contributed by atoms with Crippen LogP contribution in [0.1, 0.15) is 33.6 Å². The fraction of sp³-hybridized carbons (Fsp3) is 1.00. The van der Waals surface area contributed by atoms with E-state index in [1.54, 1.807) is 0 Å². The summed E-state index contributed by atoms with van der Waals surface area (Å²) in [7, 11) is 0. The summed E-state index contributed by atoms with van der Waals surface area (Å²) in [4.78, 5) is 0. The second kappa shape index (κ2) is 1.48. The SMILES string of the molecule is CC(C)C12CC1(C(C)(F)F)C2. The van der Waals surface area contributed by atoms with Gasteiger partial charge in [0.15, 0.2) is 0 Å². The molecule has 0 saturated heterocycles. The van der Waals surface area contributed by atoms with Gasteiger partial charge in [-0.25, -0.2) is 8.78 Å². The van der Waals surface area contributed by atoms with E-state index in [1.165, 1.54) is 0 Å². The Balaban J connectivity index is 2.15. The van der Waals surface area contributed by atoms with Crippen molar-refractivity contribution in [3.8, 4) is 0 Å². The highest BCUT2D eigenvalue weighted by Crippen LogP contribution is 2.93. The third-order valence-electron chi connectivity index (χ3n) is 3.88. The van der Waals surface area contributed by atoms with Crippen LogP contribution in [0.2, 0.25) is 0 Å². The molecule has 0 aromatic rings. The van der Waals surface area contributed by atoms with E-state index < -0.39 is 11.3 Å². The molecule has 0 nitrogen and oxygen atoms in total. The minimum Gasteiger partial charge on any atom is -0.207 e. The van der Waals surface area contributed by atoms with Crippen LogP contribution >= 0.6 is 0 Å². The first-order valence-electron chi connectivity index (χ1n) is 4.24. The molecule has 0 aromatic carbocycles. The van der Waals surface area contributed by atoms with Crippen LogP contribution in [0, 0.1) is 16.7 Å². The Kier molecular flexibility index (Phi) is 1.01. The zero-order valence-electron chi connectivity index (χ0n) is 7.25. The fourth-order valence-electron chi connectivity index (χ4n) is 2.65. The van der Waals surface area contributed by atoms with Gasteiger partial charge >= 0.3 is 0 Å². The molecule has 2 saturated carbocycles. The maximum Gasteiger partial charge on any atom is 0.251 e. The molecule has 0 amide bonds. The van der Waals surface area contributed by atoms with Crippen LogP contribution in [0.4, 0.5) is 8.78 Å². The number of rotatable bonds is 2. The molecular formula is C9H14F2. The van der Waals surface area contributed by atoms with Gasteiger partial charge in [-0.1, -0.05) is 13.8 Å². The maximum atomic E-state index is 12.9. The molecule has 2 heteroatoms. The van der Waals surface area contributed by atoms with Crippen molar-refractivity contribution in [1.29, 1.82) is 0 Å². The summed E-state index contributed by atoms with van der Waals surface area (Å²) >= 11 is 0. The quantitative estimate of drug-likeness (QED) is 0.582. The zero-order chi connectivity index (χ0) is 8.49. The first-order chi connectivity index (χ1) is 4.86. The minimum atomic E-state index is -2.43.